The summed E-state index contributed by atoms with van der Waals surface area (Å²) in [5.41, 5.74) is 3.05. The van der Waals surface area contributed by atoms with Gasteiger partial charge in [0.2, 0.25) is 11.8 Å². The average molecular weight is 634 g/mol. The van der Waals surface area contributed by atoms with Gasteiger partial charge in [0.05, 0.1) is 32.4 Å². The lowest BCUT2D eigenvalue weighted by molar-refractivity contribution is -0.137. The molecule has 1 aromatic heterocycles. The van der Waals surface area contributed by atoms with E-state index in [1.54, 1.807) is 41.8 Å². The Morgan fingerprint density at radius 3 is 2.70 bits per heavy atom. The molecule has 3 aromatic rings. The highest BCUT2D eigenvalue weighted by atomic mass is 16.5. The second-order valence-electron chi connectivity index (χ2n) is 11.8. The molecule has 0 radical (unpaired) electrons. The van der Waals surface area contributed by atoms with Gasteiger partial charge in [-0.2, -0.15) is 5.10 Å². The van der Waals surface area contributed by atoms with Gasteiger partial charge in [-0.3, -0.25) is 19.1 Å². The fourth-order valence-electron chi connectivity index (χ4n) is 5.79. The molecule has 0 aliphatic carbocycles. The fourth-order valence-corrected chi connectivity index (χ4v) is 5.79. The summed E-state index contributed by atoms with van der Waals surface area (Å²) in [6.45, 7) is 3.60. The summed E-state index contributed by atoms with van der Waals surface area (Å²) in [6.07, 6.45) is 1.42. The first kappa shape index (κ1) is 33.0. The highest BCUT2D eigenvalue weighted by Crippen LogP contribution is 2.33. The van der Waals surface area contributed by atoms with Crippen molar-refractivity contribution < 1.29 is 33.3 Å². The van der Waals surface area contributed by atoms with Crippen LogP contribution >= 0.6 is 0 Å². The first-order valence-electron chi connectivity index (χ1n) is 15.7. The predicted octanol–water partition coefficient (Wildman–Crippen LogP) is 3.26. The number of methoxy groups -OCH3 is 2. The van der Waals surface area contributed by atoms with E-state index in [9.17, 15) is 14.4 Å². The topological polar surface area (TPSA) is 124 Å². The van der Waals surface area contributed by atoms with Crippen molar-refractivity contribution in [3.8, 4) is 17.2 Å². The van der Waals surface area contributed by atoms with Gasteiger partial charge < -0.3 is 34.1 Å². The van der Waals surface area contributed by atoms with E-state index in [1.165, 1.54) is 0 Å². The van der Waals surface area contributed by atoms with Crippen molar-refractivity contribution in [2.75, 3.05) is 47.0 Å². The number of nitrogens with one attached hydrogen (secondary N) is 1. The molecule has 2 aromatic carbocycles. The highest BCUT2D eigenvalue weighted by molar-refractivity contribution is 5.92. The van der Waals surface area contributed by atoms with Gasteiger partial charge in [-0.25, -0.2) is 0 Å². The van der Waals surface area contributed by atoms with Crippen LogP contribution in [0.4, 0.5) is 0 Å². The van der Waals surface area contributed by atoms with Crippen LogP contribution < -0.4 is 14.8 Å². The molecule has 4 bridgehead atoms. The molecule has 1 fully saturated rings. The van der Waals surface area contributed by atoms with Crippen molar-refractivity contribution in [2.24, 2.45) is 7.05 Å². The maximum Gasteiger partial charge on any atom is 0.274 e. The number of likely N-dealkylation sites (tertiary alicyclic amines) is 1. The summed E-state index contributed by atoms with van der Waals surface area (Å²) in [6, 6.07) is 14.5. The van der Waals surface area contributed by atoms with Crippen molar-refractivity contribution >= 4 is 17.7 Å². The van der Waals surface area contributed by atoms with Crippen LogP contribution in [0.2, 0.25) is 0 Å². The zero-order chi connectivity index (χ0) is 32.6. The van der Waals surface area contributed by atoms with Crippen LogP contribution in [0.5, 0.6) is 17.2 Å². The number of piperidine rings is 1. The van der Waals surface area contributed by atoms with Crippen LogP contribution in [0.1, 0.15) is 46.6 Å². The Morgan fingerprint density at radius 2 is 1.93 bits per heavy atom. The summed E-state index contributed by atoms with van der Waals surface area (Å²) in [5, 5.41) is 7.45. The third-order valence-electron chi connectivity index (χ3n) is 8.43. The minimum absolute atomic E-state index is 0.114. The molecule has 1 N–H and O–H groups in total. The molecule has 246 valence electrons. The van der Waals surface area contributed by atoms with Crippen LogP contribution in [-0.2, 0) is 39.1 Å². The molecule has 6 rings (SSSR count). The zero-order valence-electron chi connectivity index (χ0n) is 27.0. The molecule has 12 heteroatoms. The third kappa shape index (κ3) is 8.24. The quantitative estimate of drug-likeness (QED) is 0.411. The highest BCUT2D eigenvalue weighted by Gasteiger charge is 2.35. The van der Waals surface area contributed by atoms with E-state index in [4.69, 9.17) is 18.9 Å². The number of benzene rings is 2. The van der Waals surface area contributed by atoms with E-state index in [-0.39, 0.29) is 49.9 Å². The van der Waals surface area contributed by atoms with E-state index in [1.807, 2.05) is 49.4 Å². The van der Waals surface area contributed by atoms with Crippen molar-refractivity contribution in [1.29, 1.82) is 0 Å². The van der Waals surface area contributed by atoms with Gasteiger partial charge in [0, 0.05) is 52.5 Å². The third-order valence-corrected chi connectivity index (χ3v) is 8.43. The van der Waals surface area contributed by atoms with Gasteiger partial charge in [-0.15, -0.1) is 0 Å². The molecule has 0 spiro atoms. The Balaban J connectivity index is 1.41. The average Bonchev–Trinajstić information content (AvgIpc) is 3.39. The number of ether oxygens (including phenoxy) is 4. The first-order chi connectivity index (χ1) is 22.2. The van der Waals surface area contributed by atoms with Crippen LogP contribution in [0, 0.1) is 6.92 Å². The second kappa shape index (κ2) is 15.2. The van der Waals surface area contributed by atoms with Gasteiger partial charge in [-0.1, -0.05) is 18.2 Å². The molecule has 0 saturated carbocycles. The maximum atomic E-state index is 13.5. The van der Waals surface area contributed by atoms with E-state index < -0.39 is 6.04 Å². The Morgan fingerprint density at radius 1 is 1.09 bits per heavy atom. The Bertz CT molecular complexity index is 1520. The number of fused-ring (bicyclic) bond motifs is 9. The summed E-state index contributed by atoms with van der Waals surface area (Å²) >= 11 is 0. The second-order valence-corrected chi connectivity index (χ2v) is 11.8. The number of aryl methyl sites for hydroxylation is 3. The minimum atomic E-state index is -0.493. The number of amides is 3. The molecule has 0 unspecified atom stereocenters. The Kier molecular flexibility index (Phi) is 10.9. The van der Waals surface area contributed by atoms with Gasteiger partial charge in [0.1, 0.15) is 5.75 Å². The lowest BCUT2D eigenvalue weighted by Gasteiger charge is -2.38. The number of nitrogens with zero attached hydrogens (tertiary/aromatic N) is 4. The van der Waals surface area contributed by atoms with Gasteiger partial charge in [0.25, 0.3) is 5.91 Å². The number of rotatable bonds is 6. The molecular weight excluding hydrogens is 590 g/mol. The van der Waals surface area contributed by atoms with Gasteiger partial charge >= 0.3 is 0 Å². The Hall–Kier alpha value is -4.42. The SMILES string of the molecule is COCCCN1CC(=O)N[C@H]2CN(C(=O)c3cc(C)n(C)n3)CC[C@H]2OCc2cccc(c2)Oc2ccc(cc2OC)CCC1=O. The van der Waals surface area contributed by atoms with Crippen molar-refractivity contribution in [1.82, 2.24) is 24.9 Å². The van der Waals surface area contributed by atoms with E-state index in [0.717, 1.165) is 16.8 Å². The first-order valence-corrected chi connectivity index (χ1v) is 15.7. The summed E-state index contributed by atoms with van der Waals surface area (Å²) < 4.78 is 25.1. The van der Waals surface area contributed by atoms with Crippen LogP contribution in [-0.4, -0.2) is 96.5 Å². The van der Waals surface area contributed by atoms with Crippen molar-refractivity contribution in [2.45, 2.75) is 51.4 Å². The number of aromatic nitrogens is 2. The van der Waals surface area contributed by atoms with Crippen molar-refractivity contribution in [3.05, 3.63) is 71.0 Å². The molecule has 1 saturated heterocycles. The van der Waals surface area contributed by atoms with Gasteiger partial charge in [0.15, 0.2) is 17.2 Å². The van der Waals surface area contributed by atoms with Crippen LogP contribution in [0.15, 0.2) is 48.5 Å². The van der Waals surface area contributed by atoms with Crippen LogP contribution in [0.25, 0.3) is 0 Å². The minimum Gasteiger partial charge on any atom is -0.493 e. The van der Waals surface area contributed by atoms with Crippen LogP contribution in [0.3, 0.4) is 0 Å². The molecule has 3 amide bonds. The predicted molar refractivity (Wildman–Crippen MR) is 170 cm³/mol. The zero-order valence-corrected chi connectivity index (χ0v) is 27.0. The van der Waals surface area contributed by atoms with E-state index >= 15 is 0 Å². The molecule has 2 atom stereocenters. The molecular formula is C34H43N5O7. The molecule has 4 heterocycles. The summed E-state index contributed by atoms with van der Waals surface area (Å²) in [5.74, 6) is 1.10. The van der Waals surface area contributed by atoms with Gasteiger partial charge in [-0.05, 0) is 67.6 Å². The smallest absolute Gasteiger partial charge is 0.274 e. The maximum absolute atomic E-state index is 13.5. The number of carbonyl (C=O) groups excluding carboxylic acids is 3. The molecule has 3 aliphatic heterocycles. The lowest BCUT2D eigenvalue weighted by atomic mass is 10.0. The van der Waals surface area contributed by atoms with Crippen molar-refractivity contribution in [3.63, 3.8) is 0 Å². The number of carbonyl (C=O) groups is 3. The Labute approximate surface area is 269 Å². The lowest BCUT2D eigenvalue weighted by Crippen LogP contribution is -2.58. The van der Waals surface area contributed by atoms with E-state index in [2.05, 4.69) is 10.4 Å². The summed E-state index contributed by atoms with van der Waals surface area (Å²) in [4.78, 5) is 43.6. The summed E-state index contributed by atoms with van der Waals surface area (Å²) in [7, 11) is 4.99. The normalized spacial score (nSPS) is 19.4. The largest absolute Gasteiger partial charge is 0.493 e. The molecule has 3 aliphatic rings. The van der Waals surface area contributed by atoms with E-state index in [0.29, 0.717) is 61.9 Å². The standard InChI is InChI=1S/C34H43N5O7/c1-23-17-27(36-37(23)2)34(42)39-15-13-29-28(20-39)35-32(40)21-38(14-6-16-43-3)33(41)12-10-24-9-11-30(31(19-24)44-4)46-26-8-5-7-25(18-26)22-45-29/h5,7-9,11,17-19,28-29H,6,10,12-16,20-22H2,1-4H3,(H,35,40)/t28-,29+/m0/s1. The monoisotopic (exact) mass is 633 g/mol. The fraction of sp³-hybridized carbons (Fsp3) is 0.471. The molecule has 46 heavy (non-hydrogen) atoms. The molecule has 12 nitrogen and oxygen atoms in total. The number of hydrogen-bond donors (Lipinski definition) is 1. The number of hydrogen-bond acceptors (Lipinski definition) is 8.